The van der Waals surface area contributed by atoms with Crippen molar-refractivity contribution in [3.63, 3.8) is 0 Å². The maximum Gasteiger partial charge on any atom is 0.186 e. The average Bonchev–Trinajstić information content (AvgIpc) is 3.15. The van der Waals surface area contributed by atoms with Gasteiger partial charge < -0.3 is 10.2 Å². The minimum absolute atomic E-state index is 0.384. The molecule has 21 heavy (non-hydrogen) atoms. The van der Waals surface area contributed by atoms with Crippen LogP contribution in [-0.4, -0.2) is 18.6 Å². The number of nitrogens with zero attached hydrogens (tertiary/aromatic N) is 2. The van der Waals surface area contributed by atoms with Gasteiger partial charge in [0.25, 0.3) is 0 Å². The van der Waals surface area contributed by atoms with Crippen LogP contribution in [0.4, 0.5) is 5.13 Å². The average molecular weight is 322 g/mol. The summed E-state index contributed by atoms with van der Waals surface area (Å²) in [5.41, 5.74) is 1.30. The lowest BCUT2D eigenvalue weighted by atomic mass is 9.98. The largest absolute Gasteiger partial charge is 0.344 e. The summed E-state index contributed by atoms with van der Waals surface area (Å²) < 4.78 is 0. The van der Waals surface area contributed by atoms with Crippen molar-refractivity contribution in [3.8, 4) is 0 Å². The fraction of sp³-hybridized carbons (Fsp3) is 0.562. The number of thiophene rings is 1. The zero-order valence-electron chi connectivity index (χ0n) is 12.9. The molecule has 3 nitrogen and oxygen atoms in total. The number of rotatable bonds is 5. The standard InChI is InChI=1S/C16H23N3S2/c1-4-17-12-7-5-8-14-15(12)18-16(21-14)19(3)11(2)13-9-6-10-20-13/h6,9-12,17H,4-5,7-8H2,1-3H3. The number of nitrogens with one attached hydrogen (secondary N) is 1. The van der Waals surface area contributed by atoms with E-state index in [0.717, 1.165) is 11.7 Å². The molecular weight excluding hydrogens is 298 g/mol. The van der Waals surface area contributed by atoms with Crippen molar-refractivity contribution in [2.45, 2.75) is 45.2 Å². The number of hydrogen-bond acceptors (Lipinski definition) is 5. The maximum absolute atomic E-state index is 4.97. The molecule has 2 aromatic rings. The molecule has 0 fully saturated rings. The summed E-state index contributed by atoms with van der Waals surface area (Å²) in [5.74, 6) is 0. The topological polar surface area (TPSA) is 28.2 Å². The number of aryl methyl sites for hydroxylation is 1. The zero-order chi connectivity index (χ0) is 14.8. The third-order valence-electron chi connectivity index (χ3n) is 4.23. The van der Waals surface area contributed by atoms with E-state index in [4.69, 9.17) is 4.98 Å². The Kier molecular flexibility index (Phi) is 4.62. The second-order valence-corrected chi connectivity index (χ2v) is 7.65. The Labute approximate surface area is 135 Å². The summed E-state index contributed by atoms with van der Waals surface area (Å²) >= 11 is 3.70. The zero-order valence-corrected chi connectivity index (χ0v) is 14.6. The van der Waals surface area contributed by atoms with E-state index in [1.54, 1.807) is 0 Å². The molecule has 0 saturated carbocycles. The Morgan fingerprint density at radius 3 is 3.10 bits per heavy atom. The van der Waals surface area contributed by atoms with Crippen molar-refractivity contribution in [2.75, 3.05) is 18.5 Å². The van der Waals surface area contributed by atoms with Gasteiger partial charge in [-0.15, -0.1) is 22.7 Å². The van der Waals surface area contributed by atoms with E-state index in [2.05, 4.69) is 48.6 Å². The lowest BCUT2D eigenvalue weighted by Crippen LogP contribution is -2.25. The van der Waals surface area contributed by atoms with Crippen LogP contribution in [0.25, 0.3) is 0 Å². The molecule has 0 spiro atoms. The van der Waals surface area contributed by atoms with Gasteiger partial charge in [-0.2, -0.15) is 0 Å². The molecule has 5 heteroatoms. The number of thiazole rings is 1. The fourth-order valence-electron chi connectivity index (χ4n) is 2.89. The Bertz CT molecular complexity index is 576. The van der Waals surface area contributed by atoms with E-state index in [1.807, 2.05) is 22.7 Å². The molecule has 1 N–H and O–H groups in total. The maximum atomic E-state index is 4.97. The molecule has 0 radical (unpaired) electrons. The molecular formula is C16H23N3S2. The molecule has 1 aliphatic rings. The highest BCUT2D eigenvalue weighted by Crippen LogP contribution is 2.38. The molecule has 1 aliphatic carbocycles. The summed E-state index contributed by atoms with van der Waals surface area (Å²) in [6.45, 7) is 5.44. The summed E-state index contributed by atoms with van der Waals surface area (Å²) in [5, 5.41) is 6.88. The van der Waals surface area contributed by atoms with Crippen molar-refractivity contribution in [2.24, 2.45) is 0 Å². The van der Waals surface area contributed by atoms with E-state index < -0.39 is 0 Å². The van der Waals surface area contributed by atoms with Gasteiger partial charge in [-0.1, -0.05) is 13.0 Å². The first-order chi connectivity index (χ1) is 10.2. The molecule has 3 rings (SSSR count). The molecule has 0 saturated heterocycles. The Morgan fingerprint density at radius 2 is 2.38 bits per heavy atom. The highest BCUT2D eigenvalue weighted by atomic mass is 32.1. The third-order valence-corrected chi connectivity index (χ3v) is 6.50. The molecule has 2 aromatic heterocycles. The van der Waals surface area contributed by atoms with E-state index >= 15 is 0 Å². The van der Waals surface area contributed by atoms with Crippen LogP contribution in [0.3, 0.4) is 0 Å². The highest BCUT2D eigenvalue weighted by molar-refractivity contribution is 7.15. The summed E-state index contributed by atoms with van der Waals surface area (Å²) in [4.78, 5) is 10.2. The van der Waals surface area contributed by atoms with E-state index in [-0.39, 0.29) is 0 Å². The second-order valence-electron chi connectivity index (χ2n) is 5.61. The first-order valence-corrected chi connectivity index (χ1v) is 9.39. The van der Waals surface area contributed by atoms with Gasteiger partial charge in [0.2, 0.25) is 0 Å². The Balaban J connectivity index is 1.83. The van der Waals surface area contributed by atoms with Gasteiger partial charge in [0.1, 0.15) is 0 Å². The number of aromatic nitrogens is 1. The summed E-state index contributed by atoms with van der Waals surface area (Å²) in [7, 11) is 2.16. The third kappa shape index (κ3) is 3.00. The first-order valence-electron chi connectivity index (χ1n) is 7.70. The smallest absolute Gasteiger partial charge is 0.186 e. The van der Waals surface area contributed by atoms with Crippen molar-refractivity contribution < 1.29 is 0 Å². The lowest BCUT2D eigenvalue weighted by molar-refractivity contribution is 0.465. The quantitative estimate of drug-likeness (QED) is 0.885. The minimum atomic E-state index is 0.384. The number of fused-ring (bicyclic) bond motifs is 1. The van der Waals surface area contributed by atoms with Crippen LogP contribution in [0, 0.1) is 0 Å². The van der Waals surface area contributed by atoms with Gasteiger partial charge in [0, 0.05) is 16.8 Å². The summed E-state index contributed by atoms with van der Waals surface area (Å²) in [6, 6.07) is 5.17. The van der Waals surface area contributed by atoms with Gasteiger partial charge in [-0.3, -0.25) is 0 Å². The molecule has 2 atom stereocenters. The van der Waals surface area contributed by atoms with E-state index in [1.165, 1.54) is 34.7 Å². The van der Waals surface area contributed by atoms with E-state index in [0.29, 0.717) is 12.1 Å². The molecule has 2 heterocycles. The van der Waals surface area contributed by atoms with Crippen LogP contribution in [0.2, 0.25) is 0 Å². The lowest BCUT2D eigenvalue weighted by Gasteiger charge is -2.23. The predicted octanol–water partition coefficient (Wildman–Crippen LogP) is 4.39. The number of hydrogen-bond donors (Lipinski definition) is 1. The number of anilines is 1. The first kappa shape index (κ1) is 15.0. The highest BCUT2D eigenvalue weighted by Gasteiger charge is 2.26. The fourth-order valence-corrected chi connectivity index (χ4v) is 4.92. The van der Waals surface area contributed by atoms with E-state index in [9.17, 15) is 0 Å². The van der Waals surface area contributed by atoms with Crippen LogP contribution in [0.1, 0.15) is 54.2 Å². The molecule has 0 aliphatic heterocycles. The molecule has 0 bridgehead atoms. The van der Waals surface area contributed by atoms with Crippen molar-refractivity contribution in [3.05, 3.63) is 33.0 Å². The second kappa shape index (κ2) is 6.46. The van der Waals surface area contributed by atoms with Gasteiger partial charge in [-0.25, -0.2) is 4.98 Å². The normalized spacial score (nSPS) is 19.3. The van der Waals surface area contributed by atoms with Gasteiger partial charge >= 0.3 is 0 Å². The molecule has 0 aromatic carbocycles. The van der Waals surface area contributed by atoms with Crippen molar-refractivity contribution in [1.29, 1.82) is 0 Å². The SMILES string of the molecule is CCNC1CCCc2sc(N(C)C(C)c3cccs3)nc21. The predicted molar refractivity (Wildman–Crippen MR) is 92.6 cm³/mol. The molecule has 0 amide bonds. The van der Waals surface area contributed by atoms with Crippen molar-refractivity contribution in [1.82, 2.24) is 10.3 Å². The Hall–Kier alpha value is -0.910. The van der Waals surface area contributed by atoms with Crippen LogP contribution >= 0.6 is 22.7 Å². The van der Waals surface area contributed by atoms with Crippen LogP contribution in [0.5, 0.6) is 0 Å². The van der Waals surface area contributed by atoms with Crippen LogP contribution in [-0.2, 0) is 6.42 Å². The monoisotopic (exact) mass is 321 g/mol. The van der Waals surface area contributed by atoms with Crippen LogP contribution in [0.15, 0.2) is 17.5 Å². The molecule has 114 valence electrons. The van der Waals surface area contributed by atoms with Crippen molar-refractivity contribution >= 4 is 27.8 Å². The Morgan fingerprint density at radius 1 is 1.52 bits per heavy atom. The van der Waals surface area contributed by atoms with Gasteiger partial charge in [0.15, 0.2) is 5.13 Å². The minimum Gasteiger partial charge on any atom is -0.344 e. The molecule has 2 unspecified atom stereocenters. The van der Waals surface area contributed by atoms with Gasteiger partial charge in [0.05, 0.1) is 17.8 Å². The summed E-state index contributed by atoms with van der Waals surface area (Å²) in [6.07, 6.45) is 3.68. The van der Waals surface area contributed by atoms with Gasteiger partial charge in [-0.05, 0) is 44.2 Å². The van der Waals surface area contributed by atoms with Crippen LogP contribution < -0.4 is 10.2 Å².